The van der Waals surface area contributed by atoms with Crippen molar-refractivity contribution in [1.29, 1.82) is 0 Å². The van der Waals surface area contributed by atoms with Crippen LogP contribution in [0.3, 0.4) is 0 Å². The SMILES string of the molecule is Cc1cc(C(=O)COC(=O)c2ccnc(Cl)c2)c(C)n1Cc1cccs1. The van der Waals surface area contributed by atoms with E-state index < -0.39 is 5.97 Å². The second-order valence-corrected chi connectivity index (χ2v) is 7.24. The summed E-state index contributed by atoms with van der Waals surface area (Å²) in [5, 5.41) is 2.23. The van der Waals surface area contributed by atoms with Gasteiger partial charge in [-0.2, -0.15) is 0 Å². The van der Waals surface area contributed by atoms with Crippen LogP contribution in [0.25, 0.3) is 0 Å². The summed E-state index contributed by atoms with van der Waals surface area (Å²) in [7, 11) is 0. The highest BCUT2D eigenvalue weighted by molar-refractivity contribution is 7.09. The third-order valence-electron chi connectivity index (χ3n) is 4.06. The number of rotatable bonds is 6. The van der Waals surface area contributed by atoms with E-state index in [1.165, 1.54) is 23.2 Å². The topological polar surface area (TPSA) is 61.2 Å². The van der Waals surface area contributed by atoms with Gasteiger partial charge in [0.05, 0.1) is 12.1 Å². The summed E-state index contributed by atoms with van der Waals surface area (Å²) in [5.41, 5.74) is 2.69. The van der Waals surface area contributed by atoms with Crippen molar-refractivity contribution in [1.82, 2.24) is 9.55 Å². The van der Waals surface area contributed by atoms with Crippen molar-refractivity contribution < 1.29 is 14.3 Å². The van der Waals surface area contributed by atoms with Crippen LogP contribution < -0.4 is 0 Å². The van der Waals surface area contributed by atoms with E-state index in [1.54, 1.807) is 11.3 Å². The first-order valence-electron chi connectivity index (χ1n) is 7.96. The van der Waals surface area contributed by atoms with Crippen molar-refractivity contribution in [2.24, 2.45) is 0 Å². The molecule has 5 nitrogen and oxygen atoms in total. The number of esters is 1. The fraction of sp³-hybridized carbons (Fsp3) is 0.211. The lowest BCUT2D eigenvalue weighted by atomic mass is 10.1. The van der Waals surface area contributed by atoms with Crippen molar-refractivity contribution in [2.45, 2.75) is 20.4 Å². The summed E-state index contributed by atoms with van der Waals surface area (Å²) in [5.74, 6) is -0.834. The number of hydrogen-bond donors (Lipinski definition) is 0. The zero-order valence-corrected chi connectivity index (χ0v) is 15.9. The van der Waals surface area contributed by atoms with Gasteiger partial charge in [0.15, 0.2) is 6.61 Å². The van der Waals surface area contributed by atoms with Crippen LogP contribution in [0.4, 0.5) is 0 Å². The summed E-state index contributed by atoms with van der Waals surface area (Å²) in [6.07, 6.45) is 1.42. The van der Waals surface area contributed by atoms with Gasteiger partial charge in [-0.3, -0.25) is 4.79 Å². The highest BCUT2D eigenvalue weighted by Gasteiger charge is 2.18. The van der Waals surface area contributed by atoms with Gasteiger partial charge in [-0.05, 0) is 43.5 Å². The summed E-state index contributed by atoms with van der Waals surface area (Å²) in [4.78, 5) is 29.6. The zero-order chi connectivity index (χ0) is 18.7. The predicted molar refractivity (Wildman–Crippen MR) is 101 cm³/mol. The molecule has 0 saturated carbocycles. The van der Waals surface area contributed by atoms with Crippen LogP contribution in [0.15, 0.2) is 41.9 Å². The number of ether oxygens (including phenoxy) is 1. The number of halogens is 1. The Kier molecular flexibility index (Phi) is 5.54. The third-order valence-corrected chi connectivity index (χ3v) is 5.13. The molecule has 3 heterocycles. The Bertz CT molecular complexity index is 948. The second-order valence-electron chi connectivity index (χ2n) is 5.82. The van der Waals surface area contributed by atoms with E-state index in [1.807, 2.05) is 31.4 Å². The average Bonchev–Trinajstić information content (AvgIpc) is 3.23. The van der Waals surface area contributed by atoms with Gasteiger partial charge in [0.25, 0.3) is 0 Å². The number of hydrogen-bond acceptors (Lipinski definition) is 5. The Morgan fingerprint density at radius 3 is 2.77 bits per heavy atom. The van der Waals surface area contributed by atoms with Gasteiger partial charge < -0.3 is 9.30 Å². The largest absolute Gasteiger partial charge is 0.454 e. The number of carbonyl (C=O) groups excluding carboxylic acids is 2. The van der Waals surface area contributed by atoms with E-state index in [9.17, 15) is 9.59 Å². The Morgan fingerprint density at radius 1 is 1.27 bits per heavy atom. The molecule has 0 fully saturated rings. The van der Waals surface area contributed by atoms with E-state index in [-0.39, 0.29) is 23.1 Å². The van der Waals surface area contributed by atoms with E-state index in [2.05, 4.69) is 15.6 Å². The van der Waals surface area contributed by atoms with E-state index in [0.717, 1.165) is 17.9 Å². The maximum Gasteiger partial charge on any atom is 0.338 e. The lowest BCUT2D eigenvalue weighted by Crippen LogP contribution is -2.15. The number of thiophene rings is 1. The fourth-order valence-electron chi connectivity index (χ4n) is 2.71. The molecule has 0 amide bonds. The monoisotopic (exact) mass is 388 g/mol. The van der Waals surface area contributed by atoms with Gasteiger partial charge in [-0.1, -0.05) is 17.7 Å². The first-order chi connectivity index (χ1) is 12.5. The minimum Gasteiger partial charge on any atom is -0.454 e. The van der Waals surface area contributed by atoms with Crippen LogP contribution in [-0.4, -0.2) is 27.9 Å². The molecule has 0 aliphatic carbocycles. The molecule has 0 atom stereocenters. The Balaban J connectivity index is 1.69. The molecule has 0 unspecified atom stereocenters. The normalized spacial score (nSPS) is 10.7. The van der Waals surface area contributed by atoms with E-state index in [4.69, 9.17) is 16.3 Å². The van der Waals surface area contributed by atoms with Crippen LogP contribution in [0.1, 0.15) is 37.0 Å². The number of nitrogens with zero attached hydrogens (tertiary/aromatic N) is 2. The highest BCUT2D eigenvalue weighted by atomic mass is 35.5. The van der Waals surface area contributed by atoms with Crippen molar-refractivity contribution >= 4 is 34.7 Å². The molecule has 0 saturated heterocycles. The summed E-state index contributed by atoms with van der Waals surface area (Å²) in [6, 6.07) is 8.80. The zero-order valence-electron chi connectivity index (χ0n) is 14.4. The minimum absolute atomic E-state index is 0.197. The van der Waals surface area contributed by atoms with Gasteiger partial charge in [-0.25, -0.2) is 9.78 Å². The quantitative estimate of drug-likeness (QED) is 0.359. The smallest absolute Gasteiger partial charge is 0.338 e. The van der Waals surface area contributed by atoms with Crippen molar-refractivity contribution in [3.63, 3.8) is 0 Å². The molecule has 7 heteroatoms. The molecule has 26 heavy (non-hydrogen) atoms. The molecular weight excluding hydrogens is 372 g/mol. The summed E-state index contributed by atoms with van der Waals surface area (Å²) >= 11 is 7.43. The minimum atomic E-state index is -0.602. The van der Waals surface area contributed by atoms with Crippen LogP contribution >= 0.6 is 22.9 Å². The molecule has 0 aliphatic rings. The first-order valence-corrected chi connectivity index (χ1v) is 9.22. The molecule has 0 spiro atoms. The van der Waals surface area contributed by atoms with E-state index >= 15 is 0 Å². The van der Waals surface area contributed by atoms with Crippen LogP contribution in [-0.2, 0) is 11.3 Å². The molecule has 3 rings (SSSR count). The van der Waals surface area contributed by atoms with Gasteiger partial charge in [0.2, 0.25) is 5.78 Å². The molecule has 0 aliphatic heterocycles. The van der Waals surface area contributed by atoms with Crippen LogP contribution in [0.2, 0.25) is 5.15 Å². The molecule has 3 aromatic heterocycles. The number of carbonyl (C=O) groups is 2. The summed E-state index contributed by atoms with van der Waals surface area (Å²) < 4.78 is 7.21. The first kappa shape index (κ1) is 18.4. The number of Topliss-reactive ketones (excluding diaryl/α,β-unsaturated/α-hetero) is 1. The number of aromatic nitrogens is 2. The van der Waals surface area contributed by atoms with Crippen LogP contribution in [0.5, 0.6) is 0 Å². The molecule has 3 aromatic rings. The molecule has 0 bridgehead atoms. The number of pyridine rings is 1. The third kappa shape index (κ3) is 4.03. The van der Waals surface area contributed by atoms with Crippen molar-refractivity contribution in [2.75, 3.05) is 6.61 Å². The van der Waals surface area contributed by atoms with Gasteiger partial charge in [0.1, 0.15) is 5.15 Å². The number of ketones is 1. The predicted octanol–water partition coefficient (Wildman–Crippen LogP) is 4.30. The second kappa shape index (κ2) is 7.85. The molecule has 0 radical (unpaired) electrons. The Morgan fingerprint density at radius 2 is 2.08 bits per heavy atom. The fourth-order valence-corrected chi connectivity index (χ4v) is 3.57. The van der Waals surface area contributed by atoms with Gasteiger partial charge >= 0.3 is 5.97 Å². The lowest BCUT2D eigenvalue weighted by molar-refractivity contribution is 0.0474. The highest BCUT2D eigenvalue weighted by Crippen LogP contribution is 2.20. The molecule has 134 valence electrons. The molecule has 0 aromatic carbocycles. The number of aryl methyl sites for hydroxylation is 1. The van der Waals surface area contributed by atoms with Gasteiger partial charge in [-0.15, -0.1) is 11.3 Å². The molecule has 0 N–H and O–H groups in total. The van der Waals surface area contributed by atoms with Crippen molar-refractivity contribution in [3.8, 4) is 0 Å². The van der Waals surface area contributed by atoms with Crippen LogP contribution in [0, 0.1) is 13.8 Å². The average molecular weight is 389 g/mol. The standard InChI is InChI=1S/C19H17ClN2O3S/c1-12-8-16(13(2)22(12)10-15-4-3-7-26-15)17(23)11-25-19(24)14-5-6-21-18(20)9-14/h3-9H,10-11H2,1-2H3. The lowest BCUT2D eigenvalue weighted by Gasteiger charge is -2.08. The Labute approximate surface area is 160 Å². The maximum atomic E-state index is 12.5. The maximum absolute atomic E-state index is 12.5. The van der Waals surface area contributed by atoms with Gasteiger partial charge in [0, 0.05) is 28.0 Å². The molecular formula is C19H17ClN2O3S. The summed E-state index contributed by atoms with van der Waals surface area (Å²) in [6.45, 7) is 4.26. The van der Waals surface area contributed by atoms with Crippen molar-refractivity contribution in [3.05, 3.63) is 74.5 Å². The Hall–Kier alpha value is -2.44. The van der Waals surface area contributed by atoms with E-state index in [0.29, 0.717) is 5.56 Å².